The van der Waals surface area contributed by atoms with Crippen molar-refractivity contribution in [2.24, 2.45) is 0 Å². The maximum Gasteiger partial charge on any atom is 0.337 e. The zero-order valence-electron chi connectivity index (χ0n) is 10.4. The Hall–Kier alpha value is -2.14. The predicted molar refractivity (Wildman–Crippen MR) is 79.3 cm³/mol. The van der Waals surface area contributed by atoms with Crippen molar-refractivity contribution < 1.29 is 9.90 Å². The van der Waals surface area contributed by atoms with E-state index in [1.165, 1.54) is 6.07 Å². The fourth-order valence-electron chi connectivity index (χ4n) is 1.74. The lowest BCUT2D eigenvalue weighted by molar-refractivity contribution is 0.0698. The second-order valence-corrected chi connectivity index (χ2v) is 4.78. The van der Waals surface area contributed by atoms with Crippen molar-refractivity contribution in [2.75, 3.05) is 17.3 Å². The highest BCUT2D eigenvalue weighted by atomic mass is 32.2. The molecule has 19 heavy (non-hydrogen) atoms. The zero-order chi connectivity index (χ0) is 13.8. The number of rotatable bonds is 4. The molecule has 0 saturated heterocycles. The fourth-order valence-corrected chi connectivity index (χ4v) is 2.30. The first kappa shape index (κ1) is 13.3. The van der Waals surface area contributed by atoms with Crippen LogP contribution in [-0.2, 0) is 0 Å². The Labute approximate surface area is 115 Å². The molecule has 2 rings (SSSR count). The Morgan fingerprint density at radius 1 is 1.21 bits per heavy atom. The highest BCUT2D eigenvalue weighted by molar-refractivity contribution is 7.98. The van der Waals surface area contributed by atoms with Crippen LogP contribution in [0.25, 0.3) is 0 Å². The van der Waals surface area contributed by atoms with E-state index in [2.05, 4.69) is 5.32 Å². The first-order valence-corrected chi connectivity index (χ1v) is 6.87. The number of thioether (sulfide) groups is 1. The van der Waals surface area contributed by atoms with Gasteiger partial charge in [0.15, 0.2) is 0 Å². The Morgan fingerprint density at radius 2 is 1.95 bits per heavy atom. The number of nitrogens with two attached hydrogens (primary N) is 1. The average Bonchev–Trinajstić information content (AvgIpc) is 2.39. The van der Waals surface area contributed by atoms with E-state index in [4.69, 9.17) is 5.73 Å². The van der Waals surface area contributed by atoms with Crippen molar-refractivity contribution in [3.8, 4) is 0 Å². The molecule has 2 aromatic rings. The van der Waals surface area contributed by atoms with Gasteiger partial charge in [0.2, 0.25) is 0 Å². The van der Waals surface area contributed by atoms with Crippen molar-refractivity contribution in [1.29, 1.82) is 0 Å². The van der Waals surface area contributed by atoms with Crippen LogP contribution in [0.5, 0.6) is 0 Å². The number of aromatic carboxylic acids is 1. The largest absolute Gasteiger partial charge is 0.478 e. The zero-order valence-corrected chi connectivity index (χ0v) is 11.2. The van der Waals surface area contributed by atoms with Gasteiger partial charge in [0.25, 0.3) is 0 Å². The van der Waals surface area contributed by atoms with Gasteiger partial charge in [-0.25, -0.2) is 4.79 Å². The van der Waals surface area contributed by atoms with Crippen LogP contribution in [0.2, 0.25) is 0 Å². The molecule has 0 atom stereocenters. The van der Waals surface area contributed by atoms with E-state index in [0.29, 0.717) is 11.4 Å². The lowest BCUT2D eigenvalue weighted by Crippen LogP contribution is -2.04. The van der Waals surface area contributed by atoms with E-state index in [-0.39, 0.29) is 5.56 Å². The molecule has 0 amide bonds. The van der Waals surface area contributed by atoms with Gasteiger partial charge in [0.1, 0.15) is 0 Å². The highest BCUT2D eigenvalue weighted by Gasteiger charge is 2.11. The van der Waals surface area contributed by atoms with Gasteiger partial charge in [-0.15, -0.1) is 11.8 Å². The Kier molecular flexibility index (Phi) is 3.97. The maximum atomic E-state index is 11.2. The number of hydrogen-bond acceptors (Lipinski definition) is 4. The molecule has 98 valence electrons. The molecule has 0 aliphatic carbocycles. The summed E-state index contributed by atoms with van der Waals surface area (Å²) in [6.45, 7) is 0. The van der Waals surface area contributed by atoms with E-state index in [0.717, 1.165) is 10.6 Å². The molecule has 0 bridgehead atoms. The fraction of sp³-hybridized carbons (Fsp3) is 0.0714. The van der Waals surface area contributed by atoms with Gasteiger partial charge in [-0.05, 0) is 36.6 Å². The number of nitrogens with one attached hydrogen (secondary N) is 1. The molecular formula is C14H14N2O2S. The minimum Gasteiger partial charge on any atom is -0.478 e. The lowest BCUT2D eigenvalue weighted by Gasteiger charge is -2.13. The molecule has 0 radical (unpaired) electrons. The number of carbonyl (C=O) groups is 1. The summed E-state index contributed by atoms with van der Waals surface area (Å²) < 4.78 is 0. The summed E-state index contributed by atoms with van der Waals surface area (Å²) in [5, 5.41) is 12.3. The van der Waals surface area contributed by atoms with Crippen molar-refractivity contribution in [3.63, 3.8) is 0 Å². The summed E-state index contributed by atoms with van der Waals surface area (Å²) in [5.74, 6) is -0.982. The van der Waals surface area contributed by atoms with Crippen molar-refractivity contribution in [2.45, 2.75) is 4.90 Å². The van der Waals surface area contributed by atoms with Gasteiger partial charge in [-0.2, -0.15) is 0 Å². The van der Waals surface area contributed by atoms with Crippen LogP contribution in [0.4, 0.5) is 17.1 Å². The highest BCUT2D eigenvalue weighted by Crippen LogP contribution is 2.30. The number of para-hydroxylation sites is 1. The second-order valence-electron chi connectivity index (χ2n) is 3.94. The minimum absolute atomic E-state index is 0.199. The summed E-state index contributed by atoms with van der Waals surface area (Å²) in [6.07, 6.45) is 1.97. The van der Waals surface area contributed by atoms with E-state index in [1.807, 2.05) is 30.5 Å². The molecule has 5 heteroatoms. The third kappa shape index (κ3) is 3.00. The molecule has 0 heterocycles. The maximum absolute atomic E-state index is 11.2. The van der Waals surface area contributed by atoms with Crippen LogP contribution in [0.1, 0.15) is 10.4 Å². The molecule has 0 aliphatic rings. The van der Waals surface area contributed by atoms with Gasteiger partial charge in [-0.3, -0.25) is 0 Å². The van der Waals surface area contributed by atoms with Crippen molar-refractivity contribution in [1.82, 2.24) is 0 Å². The van der Waals surface area contributed by atoms with Gasteiger partial charge >= 0.3 is 5.97 Å². The number of carboxylic acid groups (broad SMARTS) is 1. The summed E-state index contributed by atoms with van der Waals surface area (Å²) in [5.41, 5.74) is 7.79. The molecule has 4 nitrogen and oxygen atoms in total. The average molecular weight is 274 g/mol. The molecule has 0 aromatic heterocycles. The lowest BCUT2D eigenvalue weighted by atomic mass is 10.1. The van der Waals surface area contributed by atoms with Gasteiger partial charge < -0.3 is 16.2 Å². The molecule has 0 spiro atoms. The normalized spacial score (nSPS) is 10.2. The third-order valence-electron chi connectivity index (χ3n) is 2.65. The summed E-state index contributed by atoms with van der Waals surface area (Å²) in [6, 6.07) is 12.4. The monoisotopic (exact) mass is 274 g/mol. The van der Waals surface area contributed by atoms with Crippen molar-refractivity contribution >= 4 is 34.8 Å². The van der Waals surface area contributed by atoms with Crippen molar-refractivity contribution in [3.05, 3.63) is 48.0 Å². The standard InChI is InChI=1S/C14H14N2O2S/c1-19-13-5-3-2-4-11(13)16-12-8-9(15)6-7-10(12)14(17)18/h2-8,16H,15H2,1H3,(H,17,18). The summed E-state index contributed by atoms with van der Waals surface area (Å²) in [7, 11) is 0. The molecule has 2 aromatic carbocycles. The SMILES string of the molecule is CSc1ccccc1Nc1cc(N)ccc1C(=O)O. The van der Waals surface area contributed by atoms with Crippen LogP contribution in [-0.4, -0.2) is 17.3 Å². The van der Waals surface area contributed by atoms with E-state index in [1.54, 1.807) is 23.9 Å². The first-order chi connectivity index (χ1) is 9.11. The second kappa shape index (κ2) is 5.67. The van der Waals surface area contributed by atoms with Crippen LogP contribution in [0.3, 0.4) is 0 Å². The number of anilines is 3. The quantitative estimate of drug-likeness (QED) is 0.588. The molecule has 0 fully saturated rings. The molecule has 0 aliphatic heterocycles. The molecule has 0 unspecified atom stereocenters. The Bertz CT molecular complexity index is 614. The smallest absolute Gasteiger partial charge is 0.337 e. The molecule has 0 saturated carbocycles. The van der Waals surface area contributed by atoms with Crippen LogP contribution in [0.15, 0.2) is 47.4 Å². The number of hydrogen-bond donors (Lipinski definition) is 3. The van der Waals surface area contributed by atoms with E-state index < -0.39 is 5.97 Å². The Morgan fingerprint density at radius 3 is 2.63 bits per heavy atom. The number of carboxylic acids is 1. The van der Waals surface area contributed by atoms with Gasteiger partial charge in [0.05, 0.1) is 16.9 Å². The Balaban J connectivity index is 2.42. The molecule has 4 N–H and O–H groups in total. The molecular weight excluding hydrogens is 260 g/mol. The predicted octanol–water partition coefficient (Wildman–Crippen LogP) is 3.43. The van der Waals surface area contributed by atoms with E-state index in [9.17, 15) is 9.90 Å². The van der Waals surface area contributed by atoms with Crippen LogP contribution in [0, 0.1) is 0 Å². The first-order valence-electron chi connectivity index (χ1n) is 5.64. The number of benzene rings is 2. The topological polar surface area (TPSA) is 75.3 Å². The summed E-state index contributed by atoms with van der Waals surface area (Å²) >= 11 is 1.59. The minimum atomic E-state index is -0.982. The van der Waals surface area contributed by atoms with Gasteiger partial charge in [-0.1, -0.05) is 12.1 Å². The van der Waals surface area contributed by atoms with E-state index >= 15 is 0 Å². The summed E-state index contributed by atoms with van der Waals surface area (Å²) in [4.78, 5) is 12.2. The third-order valence-corrected chi connectivity index (χ3v) is 3.45. The van der Waals surface area contributed by atoms with Crippen LogP contribution >= 0.6 is 11.8 Å². The number of nitrogen functional groups attached to an aromatic ring is 1. The van der Waals surface area contributed by atoms with Gasteiger partial charge in [0, 0.05) is 10.6 Å². The van der Waals surface area contributed by atoms with Crippen LogP contribution < -0.4 is 11.1 Å².